The van der Waals surface area contributed by atoms with Crippen molar-refractivity contribution < 1.29 is 0 Å². The highest BCUT2D eigenvalue weighted by Crippen LogP contribution is 2.32. The van der Waals surface area contributed by atoms with Gasteiger partial charge < -0.3 is 10.6 Å². The van der Waals surface area contributed by atoms with Crippen molar-refractivity contribution in [2.75, 3.05) is 17.2 Å². The number of rotatable bonds is 4. The summed E-state index contributed by atoms with van der Waals surface area (Å²) >= 11 is 1.69. The molecule has 0 fully saturated rings. The van der Waals surface area contributed by atoms with E-state index in [-0.39, 0.29) is 0 Å². The Labute approximate surface area is 129 Å². The molecule has 3 rings (SSSR count). The SMILES string of the molecule is CCN(Cc1ccccc1)c1cc2nc(C)sc2cc1N. The highest BCUT2D eigenvalue weighted by atomic mass is 32.1. The summed E-state index contributed by atoms with van der Waals surface area (Å²) in [4.78, 5) is 6.87. The number of aromatic nitrogens is 1. The Hall–Kier alpha value is -2.07. The first-order chi connectivity index (χ1) is 10.2. The van der Waals surface area contributed by atoms with Crippen molar-refractivity contribution >= 4 is 32.9 Å². The van der Waals surface area contributed by atoms with Crippen LogP contribution in [0.3, 0.4) is 0 Å². The average molecular weight is 297 g/mol. The number of anilines is 2. The van der Waals surface area contributed by atoms with E-state index in [0.717, 1.165) is 39.7 Å². The van der Waals surface area contributed by atoms with Gasteiger partial charge in [-0.1, -0.05) is 30.3 Å². The Morgan fingerprint density at radius 3 is 2.67 bits per heavy atom. The number of fused-ring (bicyclic) bond motifs is 1. The van der Waals surface area contributed by atoms with Gasteiger partial charge in [-0.05, 0) is 31.5 Å². The highest BCUT2D eigenvalue weighted by Gasteiger charge is 2.12. The second-order valence-corrected chi connectivity index (χ2v) is 6.35. The fourth-order valence-electron chi connectivity index (χ4n) is 2.54. The molecule has 0 spiro atoms. The monoisotopic (exact) mass is 297 g/mol. The number of nitrogen functional groups attached to an aromatic ring is 1. The minimum absolute atomic E-state index is 0.823. The first-order valence-corrected chi connectivity index (χ1v) is 7.94. The molecule has 4 heteroatoms. The van der Waals surface area contributed by atoms with Gasteiger partial charge in [0.15, 0.2) is 0 Å². The maximum absolute atomic E-state index is 6.26. The van der Waals surface area contributed by atoms with Crippen molar-refractivity contribution in [3.63, 3.8) is 0 Å². The fourth-order valence-corrected chi connectivity index (χ4v) is 3.40. The second-order valence-electron chi connectivity index (χ2n) is 5.11. The molecule has 0 unspecified atom stereocenters. The van der Waals surface area contributed by atoms with E-state index in [1.165, 1.54) is 5.56 Å². The van der Waals surface area contributed by atoms with Crippen LogP contribution in [0.4, 0.5) is 11.4 Å². The number of aryl methyl sites for hydroxylation is 1. The predicted molar refractivity (Wildman–Crippen MR) is 91.9 cm³/mol. The van der Waals surface area contributed by atoms with Crippen LogP contribution in [0.5, 0.6) is 0 Å². The first-order valence-electron chi connectivity index (χ1n) is 7.13. The number of thiazole rings is 1. The van der Waals surface area contributed by atoms with E-state index >= 15 is 0 Å². The van der Waals surface area contributed by atoms with Crippen molar-refractivity contribution in [2.45, 2.75) is 20.4 Å². The molecule has 0 radical (unpaired) electrons. The molecule has 0 aliphatic rings. The van der Waals surface area contributed by atoms with Crippen LogP contribution in [0, 0.1) is 6.92 Å². The van der Waals surface area contributed by atoms with Gasteiger partial charge >= 0.3 is 0 Å². The number of benzene rings is 2. The van der Waals surface area contributed by atoms with E-state index in [1.807, 2.05) is 19.1 Å². The van der Waals surface area contributed by atoms with E-state index in [1.54, 1.807) is 11.3 Å². The summed E-state index contributed by atoms with van der Waals surface area (Å²) in [5, 5.41) is 1.08. The number of nitrogens with zero attached hydrogens (tertiary/aromatic N) is 2. The molecule has 1 aromatic heterocycles. The van der Waals surface area contributed by atoms with Crippen molar-refractivity contribution in [2.24, 2.45) is 0 Å². The Balaban J connectivity index is 1.98. The van der Waals surface area contributed by atoms with Gasteiger partial charge in [-0.15, -0.1) is 11.3 Å². The number of nitrogens with two attached hydrogens (primary N) is 1. The zero-order valence-corrected chi connectivity index (χ0v) is 13.2. The highest BCUT2D eigenvalue weighted by molar-refractivity contribution is 7.18. The van der Waals surface area contributed by atoms with Crippen LogP contribution in [0.2, 0.25) is 0 Å². The van der Waals surface area contributed by atoms with Crippen LogP contribution in [0.1, 0.15) is 17.5 Å². The second kappa shape index (κ2) is 5.74. The van der Waals surface area contributed by atoms with Gasteiger partial charge in [0.25, 0.3) is 0 Å². The predicted octanol–water partition coefficient (Wildman–Crippen LogP) is 4.21. The van der Waals surface area contributed by atoms with Gasteiger partial charge in [0.1, 0.15) is 0 Å². The third kappa shape index (κ3) is 2.85. The Kier molecular flexibility index (Phi) is 3.80. The topological polar surface area (TPSA) is 42.2 Å². The maximum Gasteiger partial charge on any atom is 0.0907 e. The maximum atomic E-state index is 6.26. The van der Waals surface area contributed by atoms with Gasteiger partial charge in [-0.3, -0.25) is 0 Å². The lowest BCUT2D eigenvalue weighted by molar-refractivity contribution is 0.834. The standard InChI is InChI=1S/C17H19N3S/c1-3-20(11-13-7-5-4-6-8-13)16-10-15-17(9-14(16)18)21-12(2)19-15/h4-10H,3,11,18H2,1-2H3. The smallest absolute Gasteiger partial charge is 0.0907 e. The quantitative estimate of drug-likeness (QED) is 0.733. The molecule has 3 nitrogen and oxygen atoms in total. The van der Waals surface area contributed by atoms with Gasteiger partial charge in [0.2, 0.25) is 0 Å². The summed E-state index contributed by atoms with van der Waals surface area (Å²) in [6.07, 6.45) is 0. The lowest BCUT2D eigenvalue weighted by Crippen LogP contribution is -2.23. The Bertz CT molecular complexity index is 749. The molecular formula is C17H19N3S. The Morgan fingerprint density at radius 2 is 1.95 bits per heavy atom. The molecule has 1 heterocycles. The molecule has 3 aromatic rings. The lowest BCUT2D eigenvalue weighted by Gasteiger charge is -2.24. The van der Waals surface area contributed by atoms with Gasteiger partial charge in [-0.2, -0.15) is 0 Å². The molecule has 0 saturated carbocycles. The molecule has 0 bridgehead atoms. The summed E-state index contributed by atoms with van der Waals surface area (Å²) in [5.74, 6) is 0. The average Bonchev–Trinajstić information content (AvgIpc) is 2.84. The third-order valence-electron chi connectivity index (χ3n) is 3.58. The minimum atomic E-state index is 0.823. The summed E-state index contributed by atoms with van der Waals surface area (Å²) in [6, 6.07) is 14.6. The Morgan fingerprint density at radius 1 is 1.19 bits per heavy atom. The normalized spacial score (nSPS) is 11.0. The van der Waals surface area contributed by atoms with Crippen LogP contribution >= 0.6 is 11.3 Å². The van der Waals surface area contributed by atoms with E-state index < -0.39 is 0 Å². The van der Waals surface area contributed by atoms with E-state index in [2.05, 4.69) is 47.1 Å². The van der Waals surface area contributed by atoms with E-state index in [0.29, 0.717) is 0 Å². The van der Waals surface area contributed by atoms with Crippen molar-refractivity contribution in [3.8, 4) is 0 Å². The molecule has 108 valence electrons. The van der Waals surface area contributed by atoms with E-state index in [4.69, 9.17) is 5.73 Å². The third-order valence-corrected chi connectivity index (χ3v) is 4.52. The summed E-state index contributed by atoms with van der Waals surface area (Å²) in [6.45, 7) is 5.95. The molecule has 21 heavy (non-hydrogen) atoms. The van der Waals surface area contributed by atoms with Crippen molar-refractivity contribution in [3.05, 3.63) is 53.0 Å². The molecule has 2 aromatic carbocycles. The zero-order chi connectivity index (χ0) is 14.8. The van der Waals surface area contributed by atoms with Crippen molar-refractivity contribution in [1.82, 2.24) is 4.98 Å². The van der Waals surface area contributed by atoms with Crippen LogP contribution in [-0.4, -0.2) is 11.5 Å². The van der Waals surface area contributed by atoms with Gasteiger partial charge in [-0.25, -0.2) is 4.98 Å². The van der Waals surface area contributed by atoms with Gasteiger partial charge in [0.05, 0.1) is 26.6 Å². The first kappa shape index (κ1) is 13.9. The lowest BCUT2D eigenvalue weighted by atomic mass is 10.1. The molecule has 2 N–H and O–H groups in total. The molecule has 0 aliphatic carbocycles. The number of hydrogen-bond acceptors (Lipinski definition) is 4. The molecular weight excluding hydrogens is 278 g/mol. The fraction of sp³-hybridized carbons (Fsp3) is 0.235. The van der Waals surface area contributed by atoms with Crippen LogP contribution < -0.4 is 10.6 Å². The summed E-state index contributed by atoms with van der Waals surface area (Å²) in [7, 11) is 0. The summed E-state index contributed by atoms with van der Waals surface area (Å²) < 4.78 is 1.16. The van der Waals surface area contributed by atoms with Crippen molar-refractivity contribution in [1.29, 1.82) is 0 Å². The zero-order valence-electron chi connectivity index (χ0n) is 12.3. The number of hydrogen-bond donors (Lipinski definition) is 1. The molecule has 0 amide bonds. The summed E-state index contributed by atoms with van der Waals surface area (Å²) in [5.41, 5.74) is 10.5. The van der Waals surface area contributed by atoms with Gasteiger partial charge in [0, 0.05) is 13.1 Å². The molecule has 0 atom stereocenters. The van der Waals surface area contributed by atoms with E-state index in [9.17, 15) is 0 Å². The minimum Gasteiger partial charge on any atom is -0.397 e. The van der Waals surface area contributed by atoms with Crippen LogP contribution in [-0.2, 0) is 6.54 Å². The van der Waals surface area contributed by atoms with Crippen LogP contribution in [0.25, 0.3) is 10.2 Å². The molecule has 0 aliphatic heterocycles. The largest absolute Gasteiger partial charge is 0.397 e. The molecule has 0 saturated heterocycles. The van der Waals surface area contributed by atoms with Crippen LogP contribution in [0.15, 0.2) is 42.5 Å².